The van der Waals surface area contributed by atoms with E-state index in [-0.39, 0.29) is 29.9 Å². The lowest BCUT2D eigenvalue weighted by atomic mass is 10.1. The summed E-state index contributed by atoms with van der Waals surface area (Å²) in [5.74, 6) is 1.43. The van der Waals surface area contributed by atoms with E-state index in [4.69, 9.17) is 0 Å². The highest BCUT2D eigenvalue weighted by Crippen LogP contribution is 2.17. The molecule has 0 saturated carbocycles. The number of piperazine rings is 1. The van der Waals surface area contributed by atoms with Crippen LogP contribution in [0.25, 0.3) is 0 Å². The lowest BCUT2D eigenvalue weighted by Gasteiger charge is -2.36. The summed E-state index contributed by atoms with van der Waals surface area (Å²) in [5.41, 5.74) is 1.28. The van der Waals surface area contributed by atoms with Crippen molar-refractivity contribution < 1.29 is 4.79 Å². The van der Waals surface area contributed by atoms with Gasteiger partial charge in [0.05, 0.1) is 0 Å². The summed E-state index contributed by atoms with van der Waals surface area (Å²) < 4.78 is 0. The molecule has 2 fully saturated rings. The number of nitrogens with one attached hydrogen (secondary N) is 2. The molecule has 31 heavy (non-hydrogen) atoms. The van der Waals surface area contributed by atoms with Crippen molar-refractivity contribution in [3.05, 3.63) is 35.9 Å². The zero-order chi connectivity index (χ0) is 21.3. The fourth-order valence-electron chi connectivity index (χ4n) is 4.21. The molecule has 2 aliphatic rings. The molecule has 0 bridgehead atoms. The van der Waals surface area contributed by atoms with Gasteiger partial charge in [0.25, 0.3) is 0 Å². The van der Waals surface area contributed by atoms with Crippen LogP contribution >= 0.6 is 24.0 Å². The Hall–Kier alpha value is -1.39. The number of benzene rings is 1. The fourth-order valence-corrected chi connectivity index (χ4v) is 4.21. The van der Waals surface area contributed by atoms with Crippen LogP contribution in [-0.4, -0.2) is 99.1 Å². The molecule has 8 heteroatoms. The predicted octanol–water partition coefficient (Wildman–Crippen LogP) is 1.50. The second-order valence-electron chi connectivity index (χ2n) is 8.67. The zero-order valence-corrected chi connectivity index (χ0v) is 21.5. The van der Waals surface area contributed by atoms with E-state index in [2.05, 4.69) is 63.7 Å². The topological polar surface area (TPSA) is 63.2 Å². The van der Waals surface area contributed by atoms with E-state index >= 15 is 0 Å². The first-order valence-electron chi connectivity index (χ1n) is 11.2. The van der Waals surface area contributed by atoms with Crippen LogP contribution in [0.2, 0.25) is 0 Å². The summed E-state index contributed by atoms with van der Waals surface area (Å²) in [7, 11) is 3.99. The number of hydrogen-bond donors (Lipinski definition) is 2. The van der Waals surface area contributed by atoms with Crippen LogP contribution in [0.3, 0.4) is 0 Å². The second-order valence-corrected chi connectivity index (χ2v) is 8.67. The van der Waals surface area contributed by atoms with Gasteiger partial charge in [0, 0.05) is 77.8 Å². The molecule has 2 N–H and O–H groups in total. The smallest absolute Gasteiger partial charge is 0.223 e. The number of likely N-dealkylation sites (tertiary alicyclic amines) is 1. The van der Waals surface area contributed by atoms with Crippen LogP contribution in [0.15, 0.2) is 35.3 Å². The van der Waals surface area contributed by atoms with Crippen molar-refractivity contribution in [3.63, 3.8) is 0 Å². The van der Waals surface area contributed by atoms with Gasteiger partial charge in [0.1, 0.15) is 0 Å². The molecule has 1 aromatic carbocycles. The van der Waals surface area contributed by atoms with Crippen LogP contribution in [0.1, 0.15) is 18.9 Å². The number of guanidine groups is 1. The van der Waals surface area contributed by atoms with E-state index < -0.39 is 0 Å². The lowest BCUT2D eigenvalue weighted by molar-refractivity contribution is -0.127. The van der Waals surface area contributed by atoms with Crippen molar-refractivity contribution in [1.82, 2.24) is 25.3 Å². The number of likely N-dealkylation sites (N-methyl/N-ethyl adjacent to an activating group) is 1. The van der Waals surface area contributed by atoms with Crippen molar-refractivity contribution in [3.8, 4) is 0 Å². The average molecular weight is 543 g/mol. The number of nitrogens with zero attached hydrogens (tertiary/aromatic N) is 4. The first kappa shape index (κ1) is 25.9. The summed E-state index contributed by atoms with van der Waals surface area (Å²) in [4.78, 5) is 23.6. The van der Waals surface area contributed by atoms with Gasteiger partial charge in [-0.25, -0.2) is 0 Å². The second kappa shape index (κ2) is 13.2. The van der Waals surface area contributed by atoms with Crippen LogP contribution in [0, 0.1) is 5.92 Å². The normalized spacial score (nSPS) is 21.6. The van der Waals surface area contributed by atoms with Crippen molar-refractivity contribution in [2.75, 3.05) is 66.5 Å². The third-order valence-corrected chi connectivity index (χ3v) is 6.32. The number of halogens is 1. The van der Waals surface area contributed by atoms with Gasteiger partial charge in [-0.15, -0.1) is 24.0 Å². The third kappa shape index (κ3) is 8.23. The van der Waals surface area contributed by atoms with Crippen molar-refractivity contribution in [2.24, 2.45) is 10.9 Å². The van der Waals surface area contributed by atoms with Gasteiger partial charge in [-0.1, -0.05) is 30.3 Å². The van der Waals surface area contributed by atoms with Crippen LogP contribution in [-0.2, 0) is 11.2 Å². The van der Waals surface area contributed by atoms with Gasteiger partial charge < -0.3 is 20.4 Å². The number of carbonyl (C=O) groups excluding carboxylic acids is 1. The molecule has 3 rings (SSSR count). The summed E-state index contributed by atoms with van der Waals surface area (Å²) in [5, 5.41) is 6.88. The monoisotopic (exact) mass is 542 g/mol. The summed E-state index contributed by atoms with van der Waals surface area (Å²) in [6.07, 6.45) is 1.54. The van der Waals surface area contributed by atoms with Crippen LogP contribution in [0.4, 0.5) is 0 Å². The molecule has 0 spiro atoms. The molecule has 2 unspecified atom stereocenters. The Balaban J connectivity index is 0.00000341. The highest BCUT2D eigenvalue weighted by molar-refractivity contribution is 14.0. The van der Waals surface area contributed by atoms with Gasteiger partial charge in [-0.3, -0.25) is 14.7 Å². The van der Waals surface area contributed by atoms with Crippen LogP contribution < -0.4 is 10.6 Å². The standard InChI is InChI=1S/C23H38N6O.HI/c1-19(28-13-11-27(3)12-14-28)16-25-23(24-2)26-17-21-15-22(30)29(18-21)10-9-20-7-5-4-6-8-20;/h4-8,19,21H,9-18H2,1-3H3,(H2,24,25,26);1H. The molecule has 2 heterocycles. The predicted molar refractivity (Wildman–Crippen MR) is 138 cm³/mol. The first-order chi connectivity index (χ1) is 14.5. The number of hydrogen-bond acceptors (Lipinski definition) is 4. The van der Waals surface area contributed by atoms with E-state index in [1.54, 1.807) is 0 Å². The highest BCUT2D eigenvalue weighted by Gasteiger charge is 2.29. The molecule has 1 aromatic rings. The molecule has 0 aliphatic carbocycles. The van der Waals surface area contributed by atoms with Gasteiger partial charge in [0.2, 0.25) is 5.91 Å². The maximum atomic E-state index is 12.4. The maximum Gasteiger partial charge on any atom is 0.223 e. The largest absolute Gasteiger partial charge is 0.356 e. The molecule has 2 saturated heterocycles. The van der Waals surface area contributed by atoms with Gasteiger partial charge in [-0.05, 0) is 26.0 Å². The van der Waals surface area contributed by atoms with E-state index in [9.17, 15) is 4.79 Å². The Morgan fingerprint density at radius 2 is 1.87 bits per heavy atom. The van der Waals surface area contributed by atoms with Crippen molar-refractivity contribution >= 4 is 35.8 Å². The molecular formula is C23H39IN6O. The lowest BCUT2D eigenvalue weighted by Crippen LogP contribution is -2.52. The Kier molecular flexibility index (Phi) is 11.0. The molecule has 2 atom stereocenters. The Labute approximate surface area is 204 Å². The molecule has 2 aliphatic heterocycles. The molecular weight excluding hydrogens is 503 g/mol. The Morgan fingerprint density at radius 3 is 2.55 bits per heavy atom. The van der Waals surface area contributed by atoms with Gasteiger partial charge in [0.15, 0.2) is 5.96 Å². The molecule has 0 aromatic heterocycles. The molecule has 0 radical (unpaired) electrons. The van der Waals surface area contributed by atoms with Crippen molar-refractivity contribution in [2.45, 2.75) is 25.8 Å². The maximum absolute atomic E-state index is 12.4. The highest BCUT2D eigenvalue weighted by atomic mass is 127. The van der Waals surface area contributed by atoms with Crippen LogP contribution in [0.5, 0.6) is 0 Å². The van der Waals surface area contributed by atoms with Gasteiger partial charge in [-0.2, -0.15) is 0 Å². The summed E-state index contributed by atoms with van der Waals surface area (Å²) in [6, 6.07) is 10.8. The van der Waals surface area contributed by atoms with E-state index in [1.165, 1.54) is 5.56 Å². The quantitative estimate of drug-likeness (QED) is 0.296. The number of amides is 1. The average Bonchev–Trinajstić information content (AvgIpc) is 3.13. The molecule has 1 amide bonds. The van der Waals surface area contributed by atoms with Gasteiger partial charge >= 0.3 is 0 Å². The van der Waals surface area contributed by atoms with E-state index in [0.29, 0.717) is 18.4 Å². The molecule has 174 valence electrons. The van der Waals surface area contributed by atoms with Crippen molar-refractivity contribution in [1.29, 1.82) is 0 Å². The first-order valence-corrected chi connectivity index (χ1v) is 11.2. The summed E-state index contributed by atoms with van der Waals surface area (Å²) in [6.45, 7) is 10.0. The Bertz CT molecular complexity index is 693. The fraction of sp³-hybridized carbons (Fsp3) is 0.652. The van der Waals surface area contributed by atoms with E-state index in [1.807, 2.05) is 18.0 Å². The number of carbonyl (C=O) groups is 1. The number of aliphatic imine (C=N–C) groups is 1. The summed E-state index contributed by atoms with van der Waals surface area (Å²) >= 11 is 0. The Morgan fingerprint density at radius 1 is 1.16 bits per heavy atom. The molecule has 7 nitrogen and oxygen atoms in total. The number of rotatable bonds is 8. The van der Waals surface area contributed by atoms with E-state index in [0.717, 1.165) is 64.7 Å². The SMILES string of the molecule is CN=C(NCC1CC(=O)N(CCc2ccccc2)C1)NCC(C)N1CCN(C)CC1.I. The third-order valence-electron chi connectivity index (χ3n) is 6.32. The minimum atomic E-state index is 0. The minimum Gasteiger partial charge on any atom is -0.356 e. The minimum absolute atomic E-state index is 0. The zero-order valence-electron chi connectivity index (χ0n) is 19.2.